The lowest BCUT2D eigenvalue weighted by molar-refractivity contribution is 0.108. The molecular formula is C11H15FN2O. The van der Waals surface area contributed by atoms with Crippen molar-refractivity contribution >= 4 is 5.82 Å². The first-order valence-corrected chi connectivity index (χ1v) is 5.19. The Morgan fingerprint density at radius 2 is 2.33 bits per heavy atom. The number of anilines is 1. The molecule has 1 heterocycles. The second-order valence-electron chi connectivity index (χ2n) is 3.87. The fourth-order valence-corrected chi connectivity index (χ4v) is 1.96. The second-order valence-corrected chi connectivity index (χ2v) is 3.87. The summed E-state index contributed by atoms with van der Waals surface area (Å²) >= 11 is 0. The highest BCUT2D eigenvalue weighted by atomic mass is 19.1. The van der Waals surface area contributed by atoms with Gasteiger partial charge in [0.25, 0.3) is 0 Å². The summed E-state index contributed by atoms with van der Waals surface area (Å²) in [6.45, 7) is 0. The van der Waals surface area contributed by atoms with Crippen LogP contribution in [-0.2, 0) is 4.74 Å². The summed E-state index contributed by atoms with van der Waals surface area (Å²) in [5.74, 6) is 0.430. The third-order valence-electron chi connectivity index (χ3n) is 2.80. The van der Waals surface area contributed by atoms with Crippen LogP contribution in [0.4, 0.5) is 10.2 Å². The molecule has 1 aromatic heterocycles. The number of halogens is 1. The highest BCUT2D eigenvalue weighted by molar-refractivity contribution is 5.35. The maximum Gasteiger partial charge on any atom is 0.141 e. The van der Waals surface area contributed by atoms with E-state index in [1.165, 1.54) is 12.3 Å². The van der Waals surface area contributed by atoms with Gasteiger partial charge in [-0.05, 0) is 31.4 Å². The van der Waals surface area contributed by atoms with E-state index in [4.69, 9.17) is 4.74 Å². The third kappa shape index (κ3) is 2.65. The van der Waals surface area contributed by atoms with E-state index in [9.17, 15) is 4.39 Å². The Morgan fingerprint density at radius 3 is 2.93 bits per heavy atom. The molecule has 3 nitrogen and oxygen atoms in total. The number of nitrogens with one attached hydrogen (secondary N) is 1. The molecule has 1 aliphatic rings. The van der Waals surface area contributed by atoms with Gasteiger partial charge in [-0.3, -0.25) is 0 Å². The molecule has 82 valence electrons. The summed E-state index contributed by atoms with van der Waals surface area (Å²) in [6, 6.07) is 3.47. The van der Waals surface area contributed by atoms with Crippen LogP contribution in [0.5, 0.6) is 0 Å². The van der Waals surface area contributed by atoms with Crippen LogP contribution in [0.15, 0.2) is 18.3 Å². The van der Waals surface area contributed by atoms with Gasteiger partial charge in [-0.1, -0.05) is 0 Å². The fraction of sp³-hybridized carbons (Fsp3) is 0.545. The lowest BCUT2D eigenvalue weighted by atomic mass is 10.2. The molecule has 0 aromatic carbocycles. The molecule has 0 bridgehead atoms. The molecule has 0 radical (unpaired) electrons. The average Bonchev–Trinajstić information content (AvgIpc) is 2.69. The van der Waals surface area contributed by atoms with Gasteiger partial charge in [0.2, 0.25) is 0 Å². The van der Waals surface area contributed by atoms with Crippen molar-refractivity contribution in [3.8, 4) is 0 Å². The minimum absolute atomic E-state index is 0.304. The first-order chi connectivity index (χ1) is 7.28. The Bertz CT molecular complexity index is 315. The maximum absolute atomic E-state index is 12.6. The van der Waals surface area contributed by atoms with Crippen LogP contribution >= 0.6 is 0 Å². The van der Waals surface area contributed by atoms with Crippen molar-refractivity contribution in [2.75, 3.05) is 12.4 Å². The Hall–Kier alpha value is -1.16. The summed E-state index contributed by atoms with van der Waals surface area (Å²) in [7, 11) is 1.74. The number of ether oxygens (including phenoxy) is 1. The largest absolute Gasteiger partial charge is 0.381 e. The predicted molar refractivity (Wildman–Crippen MR) is 56.3 cm³/mol. The van der Waals surface area contributed by atoms with Gasteiger partial charge in [-0.25, -0.2) is 9.37 Å². The molecule has 0 spiro atoms. The smallest absolute Gasteiger partial charge is 0.141 e. The molecule has 0 amide bonds. The first kappa shape index (κ1) is 10.4. The van der Waals surface area contributed by atoms with E-state index >= 15 is 0 Å². The SMILES string of the molecule is COC1CCC(Nc2ccc(F)cn2)C1. The van der Waals surface area contributed by atoms with E-state index in [0.717, 1.165) is 25.1 Å². The molecule has 2 atom stereocenters. The number of rotatable bonds is 3. The third-order valence-corrected chi connectivity index (χ3v) is 2.80. The molecule has 0 saturated heterocycles. The zero-order valence-corrected chi connectivity index (χ0v) is 8.74. The number of pyridine rings is 1. The van der Waals surface area contributed by atoms with Crippen LogP contribution in [0.1, 0.15) is 19.3 Å². The zero-order valence-electron chi connectivity index (χ0n) is 8.74. The van der Waals surface area contributed by atoms with Crippen molar-refractivity contribution in [3.05, 3.63) is 24.1 Å². The van der Waals surface area contributed by atoms with E-state index in [2.05, 4.69) is 10.3 Å². The second kappa shape index (κ2) is 4.57. The molecule has 1 fully saturated rings. The van der Waals surface area contributed by atoms with Gasteiger partial charge in [0, 0.05) is 13.2 Å². The van der Waals surface area contributed by atoms with Gasteiger partial charge in [0.15, 0.2) is 0 Å². The van der Waals surface area contributed by atoms with Gasteiger partial charge in [-0.15, -0.1) is 0 Å². The van der Waals surface area contributed by atoms with Crippen molar-refractivity contribution in [2.45, 2.75) is 31.4 Å². The molecule has 1 N–H and O–H groups in total. The monoisotopic (exact) mass is 210 g/mol. The van der Waals surface area contributed by atoms with Crippen LogP contribution in [-0.4, -0.2) is 24.2 Å². The van der Waals surface area contributed by atoms with Crippen LogP contribution in [0.25, 0.3) is 0 Å². The summed E-state index contributed by atoms with van der Waals surface area (Å²) in [5, 5.41) is 3.27. The Balaban J connectivity index is 1.90. The summed E-state index contributed by atoms with van der Waals surface area (Å²) in [4.78, 5) is 3.97. The highest BCUT2D eigenvalue weighted by Gasteiger charge is 2.24. The van der Waals surface area contributed by atoms with E-state index in [0.29, 0.717) is 12.1 Å². The Morgan fingerprint density at radius 1 is 1.47 bits per heavy atom. The topological polar surface area (TPSA) is 34.1 Å². The van der Waals surface area contributed by atoms with Crippen LogP contribution in [0.2, 0.25) is 0 Å². The first-order valence-electron chi connectivity index (χ1n) is 5.19. The van der Waals surface area contributed by atoms with Gasteiger partial charge in [0.05, 0.1) is 12.3 Å². The van der Waals surface area contributed by atoms with E-state index in [-0.39, 0.29) is 5.82 Å². The van der Waals surface area contributed by atoms with Crippen molar-refractivity contribution in [1.29, 1.82) is 0 Å². The van der Waals surface area contributed by atoms with E-state index in [1.807, 2.05) is 0 Å². The number of hydrogen-bond donors (Lipinski definition) is 1. The molecule has 2 rings (SSSR count). The molecule has 1 saturated carbocycles. The molecular weight excluding hydrogens is 195 g/mol. The highest BCUT2D eigenvalue weighted by Crippen LogP contribution is 2.24. The van der Waals surface area contributed by atoms with Crippen LogP contribution in [0, 0.1) is 5.82 Å². The van der Waals surface area contributed by atoms with E-state index < -0.39 is 0 Å². The normalized spacial score (nSPS) is 25.5. The van der Waals surface area contributed by atoms with Crippen molar-refractivity contribution in [1.82, 2.24) is 4.98 Å². The van der Waals surface area contributed by atoms with Gasteiger partial charge >= 0.3 is 0 Å². The quantitative estimate of drug-likeness (QED) is 0.830. The summed E-state index contributed by atoms with van der Waals surface area (Å²) in [6.07, 6.45) is 4.73. The molecule has 1 aliphatic carbocycles. The number of nitrogens with zero attached hydrogens (tertiary/aromatic N) is 1. The number of hydrogen-bond acceptors (Lipinski definition) is 3. The standard InChI is InChI=1S/C11H15FN2O/c1-15-10-4-3-9(6-10)14-11-5-2-8(12)7-13-11/h2,5,7,9-10H,3-4,6H2,1H3,(H,13,14). The molecule has 2 unspecified atom stereocenters. The van der Waals surface area contributed by atoms with E-state index in [1.54, 1.807) is 13.2 Å². The number of aromatic nitrogens is 1. The van der Waals surface area contributed by atoms with Crippen molar-refractivity contribution < 1.29 is 9.13 Å². The molecule has 4 heteroatoms. The lowest BCUT2D eigenvalue weighted by Crippen LogP contribution is -2.17. The van der Waals surface area contributed by atoms with Gasteiger partial charge in [-0.2, -0.15) is 0 Å². The minimum Gasteiger partial charge on any atom is -0.381 e. The molecule has 0 aliphatic heterocycles. The maximum atomic E-state index is 12.6. The Kier molecular flexibility index (Phi) is 3.16. The van der Waals surface area contributed by atoms with Gasteiger partial charge in [0.1, 0.15) is 11.6 Å². The molecule has 1 aromatic rings. The average molecular weight is 210 g/mol. The fourth-order valence-electron chi connectivity index (χ4n) is 1.96. The van der Waals surface area contributed by atoms with Crippen LogP contribution in [0.3, 0.4) is 0 Å². The lowest BCUT2D eigenvalue weighted by Gasteiger charge is -2.13. The minimum atomic E-state index is -0.304. The van der Waals surface area contributed by atoms with Crippen molar-refractivity contribution in [2.24, 2.45) is 0 Å². The zero-order chi connectivity index (χ0) is 10.7. The summed E-state index contributed by atoms with van der Waals surface area (Å²) < 4.78 is 17.9. The number of methoxy groups -OCH3 is 1. The molecule has 15 heavy (non-hydrogen) atoms. The summed E-state index contributed by atoms with van der Waals surface area (Å²) in [5.41, 5.74) is 0. The van der Waals surface area contributed by atoms with Crippen LogP contribution < -0.4 is 5.32 Å². The van der Waals surface area contributed by atoms with Crippen molar-refractivity contribution in [3.63, 3.8) is 0 Å². The Labute approximate surface area is 88.7 Å². The van der Waals surface area contributed by atoms with Gasteiger partial charge < -0.3 is 10.1 Å². The predicted octanol–water partition coefficient (Wildman–Crippen LogP) is 2.20.